The van der Waals surface area contributed by atoms with Crippen LogP contribution in [-0.2, 0) is 9.59 Å². The minimum absolute atomic E-state index is 0.113. The Bertz CT molecular complexity index is 391. The van der Waals surface area contributed by atoms with E-state index in [4.69, 9.17) is 0 Å². The topological polar surface area (TPSA) is 52.7 Å². The molecule has 0 spiro atoms. The molecular formula is C17H31N3O2S. The third-order valence-electron chi connectivity index (χ3n) is 4.98. The molecule has 5 nitrogen and oxygen atoms in total. The maximum atomic E-state index is 12.3. The smallest absolute Gasteiger partial charge is 0.226 e. The van der Waals surface area contributed by atoms with Gasteiger partial charge in [0.2, 0.25) is 11.8 Å². The second-order valence-corrected chi connectivity index (χ2v) is 7.71. The lowest BCUT2D eigenvalue weighted by atomic mass is 10.1. The van der Waals surface area contributed by atoms with Gasteiger partial charge in [0, 0.05) is 56.9 Å². The zero-order valence-corrected chi connectivity index (χ0v) is 15.4. The average Bonchev–Trinajstić information content (AvgIpc) is 3.09. The molecule has 2 aliphatic rings. The summed E-state index contributed by atoms with van der Waals surface area (Å²) in [5, 5.41) is 3.08. The molecule has 0 radical (unpaired) electrons. The van der Waals surface area contributed by atoms with Crippen LogP contribution in [0.1, 0.15) is 32.6 Å². The summed E-state index contributed by atoms with van der Waals surface area (Å²) in [5.41, 5.74) is 0. The number of carbonyl (C=O) groups excluding carboxylic acids is 2. The number of rotatable bonds is 7. The van der Waals surface area contributed by atoms with Crippen LogP contribution in [-0.4, -0.2) is 72.9 Å². The Morgan fingerprint density at radius 1 is 1.17 bits per heavy atom. The molecule has 23 heavy (non-hydrogen) atoms. The second-order valence-electron chi connectivity index (χ2n) is 6.80. The molecule has 0 unspecified atom stereocenters. The van der Waals surface area contributed by atoms with Crippen LogP contribution in [0.25, 0.3) is 0 Å². The van der Waals surface area contributed by atoms with E-state index in [2.05, 4.69) is 10.2 Å². The van der Waals surface area contributed by atoms with Gasteiger partial charge in [0.05, 0.1) is 0 Å². The van der Waals surface area contributed by atoms with Gasteiger partial charge in [-0.2, -0.15) is 11.8 Å². The Morgan fingerprint density at radius 2 is 1.83 bits per heavy atom. The summed E-state index contributed by atoms with van der Waals surface area (Å²) in [5.74, 6) is 1.78. The van der Waals surface area contributed by atoms with E-state index in [-0.39, 0.29) is 23.7 Å². The maximum Gasteiger partial charge on any atom is 0.226 e. The zero-order valence-electron chi connectivity index (χ0n) is 14.6. The number of thioether (sulfide) groups is 1. The molecule has 0 aromatic rings. The van der Waals surface area contributed by atoms with Gasteiger partial charge in [-0.3, -0.25) is 14.5 Å². The van der Waals surface area contributed by atoms with Crippen molar-refractivity contribution in [2.75, 3.05) is 51.3 Å². The van der Waals surface area contributed by atoms with Crippen LogP contribution in [0.2, 0.25) is 0 Å². The molecule has 132 valence electrons. The lowest BCUT2D eigenvalue weighted by Crippen LogP contribution is -2.51. The van der Waals surface area contributed by atoms with Gasteiger partial charge in [0.1, 0.15) is 0 Å². The molecule has 1 aliphatic carbocycles. The van der Waals surface area contributed by atoms with Gasteiger partial charge in [-0.25, -0.2) is 0 Å². The summed E-state index contributed by atoms with van der Waals surface area (Å²) in [4.78, 5) is 28.6. The van der Waals surface area contributed by atoms with Crippen LogP contribution < -0.4 is 5.32 Å². The van der Waals surface area contributed by atoms with Crippen LogP contribution in [0.5, 0.6) is 0 Å². The fourth-order valence-corrected chi connectivity index (χ4v) is 4.14. The minimum atomic E-state index is 0.113. The van der Waals surface area contributed by atoms with E-state index in [1.54, 1.807) is 11.8 Å². The fourth-order valence-electron chi connectivity index (χ4n) is 3.49. The van der Waals surface area contributed by atoms with E-state index < -0.39 is 0 Å². The molecule has 1 atom stereocenters. The van der Waals surface area contributed by atoms with Crippen molar-refractivity contribution in [1.82, 2.24) is 15.1 Å². The number of nitrogens with one attached hydrogen (secondary N) is 1. The van der Waals surface area contributed by atoms with E-state index in [9.17, 15) is 9.59 Å². The molecule has 1 heterocycles. The monoisotopic (exact) mass is 341 g/mol. The van der Waals surface area contributed by atoms with Crippen LogP contribution in [0.15, 0.2) is 0 Å². The van der Waals surface area contributed by atoms with Crippen molar-refractivity contribution >= 4 is 23.6 Å². The Morgan fingerprint density at radius 3 is 2.43 bits per heavy atom. The Balaban J connectivity index is 1.61. The first kappa shape index (κ1) is 18.6. The van der Waals surface area contributed by atoms with Crippen molar-refractivity contribution in [3.05, 3.63) is 0 Å². The highest BCUT2D eigenvalue weighted by Gasteiger charge is 2.25. The predicted molar refractivity (Wildman–Crippen MR) is 95.5 cm³/mol. The van der Waals surface area contributed by atoms with Crippen molar-refractivity contribution in [1.29, 1.82) is 0 Å². The van der Waals surface area contributed by atoms with Gasteiger partial charge in [-0.1, -0.05) is 19.8 Å². The highest BCUT2D eigenvalue weighted by molar-refractivity contribution is 7.98. The first-order chi connectivity index (χ1) is 11.1. The number of piperazine rings is 1. The number of nitrogens with zero attached hydrogens (tertiary/aromatic N) is 2. The van der Waals surface area contributed by atoms with Gasteiger partial charge in [-0.05, 0) is 19.1 Å². The van der Waals surface area contributed by atoms with Gasteiger partial charge >= 0.3 is 0 Å². The molecule has 1 N–H and O–H groups in total. The summed E-state index contributed by atoms with van der Waals surface area (Å²) >= 11 is 1.73. The fraction of sp³-hybridized carbons (Fsp3) is 0.882. The minimum Gasteiger partial charge on any atom is -0.355 e. The van der Waals surface area contributed by atoms with Crippen LogP contribution in [0, 0.1) is 11.8 Å². The van der Waals surface area contributed by atoms with Crippen LogP contribution >= 0.6 is 11.8 Å². The number of hydrogen-bond acceptors (Lipinski definition) is 4. The normalized spacial score (nSPS) is 21.4. The standard InChI is InChI=1S/C17H31N3O2S/c1-14(13-23-2)17(22)20-11-9-19(10-12-20)8-7-18-16(21)15-5-3-4-6-15/h14-15H,3-13H2,1-2H3,(H,18,21)/t14-/m1/s1. The molecule has 1 saturated heterocycles. The molecule has 1 aliphatic heterocycles. The van der Waals surface area contributed by atoms with Crippen molar-refractivity contribution in [3.63, 3.8) is 0 Å². The second kappa shape index (κ2) is 9.52. The van der Waals surface area contributed by atoms with Crippen molar-refractivity contribution in [2.24, 2.45) is 11.8 Å². The van der Waals surface area contributed by atoms with E-state index in [1.165, 1.54) is 12.8 Å². The molecule has 2 amide bonds. The van der Waals surface area contributed by atoms with E-state index in [1.807, 2.05) is 18.1 Å². The quantitative estimate of drug-likeness (QED) is 0.761. The van der Waals surface area contributed by atoms with E-state index in [0.717, 1.165) is 57.9 Å². The average molecular weight is 342 g/mol. The lowest BCUT2D eigenvalue weighted by Gasteiger charge is -2.36. The lowest BCUT2D eigenvalue weighted by molar-refractivity contribution is -0.136. The molecule has 0 aromatic heterocycles. The van der Waals surface area contributed by atoms with Crippen molar-refractivity contribution < 1.29 is 9.59 Å². The predicted octanol–water partition coefficient (Wildman–Crippen LogP) is 1.44. The molecule has 1 saturated carbocycles. The Hall–Kier alpha value is -0.750. The van der Waals surface area contributed by atoms with Gasteiger partial charge in [-0.15, -0.1) is 0 Å². The summed E-state index contributed by atoms with van der Waals surface area (Å²) < 4.78 is 0. The number of amides is 2. The first-order valence-corrected chi connectivity index (χ1v) is 10.3. The molecular weight excluding hydrogens is 310 g/mol. The summed E-state index contributed by atoms with van der Waals surface area (Å²) in [6.07, 6.45) is 6.55. The largest absolute Gasteiger partial charge is 0.355 e. The van der Waals surface area contributed by atoms with Crippen molar-refractivity contribution in [3.8, 4) is 0 Å². The SMILES string of the molecule is CSC[C@@H](C)C(=O)N1CCN(CCNC(=O)C2CCCC2)CC1. The highest BCUT2D eigenvalue weighted by atomic mass is 32.2. The summed E-state index contributed by atoms with van der Waals surface area (Å²) in [7, 11) is 0. The Kier molecular flexibility index (Phi) is 7.70. The summed E-state index contributed by atoms with van der Waals surface area (Å²) in [6.45, 7) is 7.09. The van der Waals surface area contributed by atoms with Crippen LogP contribution in [0.4, 0.5) is 0 Å². The maximum absolute atomic E-state index is 12.3. The molecule has 2 fully saturated rings. The molecule has 2 rings (SSSR count). The van der Waals surface area contributed by atoms with Gasteiger partial charge < -0.3 is 10.2 Å². The number of carbonyl (C=O) groups is 2. The first-order valence-electron chi connectivity index (χ1n) is 8.89. The summed E-state index contributed by atoms with van der Waals surface area (Å²) in [6, 6.07) is 0. The molecule has 6 heteroatoms. The highest BCUT2D eigenvalue weighted by Crippen LogP contribution is 2.24. The van der Waals surface area contributed by atoms with Gasteiger partial charge in [0.15, 0.2) is 0 Å². The van der Waals surface area contributed by atoms with Crippen molar-refractivity contribution in [2.45, 2.75) is 32.6 Å². The Labute approximate surface area is 144 Å². The third kappa shape index (κ3) is 5.68. The van der Waals surface area contributed by atoms with Crippen LogP contribution in [0.3, 0.4) is 0 Å². The van der Waals surface area contributed by atoms with Gasteiger partial charge in [0.25, 0.3) is 0 Å². The zero-order chi connectivity index (χ0) is 16.7. The molecule has 0 bridgehead atoms. The third-order valence-corrected chi connectivity index (χ3v) is 5.81. The number of hydrogen-bond donors (Lipinski definition) is 1. The van der Waals surface area contributed by atoms with E-state index in [0.29, 0.717) is 0 Å². The molecule has 0 aromatic carbocycles. The van der Waals surface area contributed by atoms with E-state index >= 15 is 0 Å².